The van der Waals surface area contributed by atoms with Crippen molar-refractivity contribution < 1.29 is 18.4 Å². The molecule has 1 aliphatic heterocycles. The molecule has 10 heteroatoms. The quantitative estimate of drug-likeness (QED) is 0.454. The van der Waals surface area contributed by atoms with Crippen LogP contribution in [0.4, 0.5) is 9.52 Å². The van der Waals surface area contributed by atoms with E-state index in [1.165, 1.54) is 47.8 Å². The molecule has 4 rings (SSSR count). The third-order valence-corrected chi connectivity index (χ3v) is 6.80. The average Bonchev–Trinajstić information content (AvgIpc) is 3.45. The number of halogens is 1. The summed E-state index contributed by atoms with van der Waals surface area (Å²) in [5, 5.41) is 11.4. The second-order valence-corrected chi connectivity index (χ2v) is 9.08. The SMILES string of the molecule is O=C(Nc1nnc(SCc2ccc(F)cc2)s1)[C@H]1CCCN(C(=O)c2ccoc2)C1. The summed E-state index contributed by atoms with van der Waals surface area (Å²) < 4.78 is 18.7. The summed E-state index contributed by atoms with van der Waals surface area (Å²) in [5.74, 6) is -0.217. The maximum atomic E-state index is 13.0. The van der Waals surface area contributed by atoms with E-state index in [1.807, 2.05) is 0 Å². The highest BCUT2D eigenvalue weighted by molar-refractivity contribution is 8.00. The zero-order valence-electron chi connectivity index (χ0n) is 15.9. The topological polar surface area (TPSA) is 88.3 Å². The minimum Gasteiger partial charge on any atom is -0.472 e. The van der Waals surface area contributed by atoms with Gasteiger partial charge in [-0.1, -0.05) is 35.2 Å². The van der Waals surface area contributed by atoms with Crippen LogP contribution in [0, 0.1) is 11.7 Å². The van der Waals surface area contributed by atoms with E-state index in [0.29, 0.717) is 36.0 Å². The first-order valence-corrected chi connectivity index (χ1v) is 11.2. The molecular formula is C20H19FN4O3S2. The number of likely N-dealkylation sites (tertiary alicyclic amines) is 1. The number of anilines is 1. The lowest BCUT2D eigenvalue weighted by molar-refractivity contribution is -0.121. The zero-order valence-corrected chi connectivity index (χ0v) is 17.5. The lowest BCUT2D eigenvalue weighted by Crippen LogP contribution is -2.43. The Bertz CT molecular complexity index is 1010. The second-order valence-electron chi connectivity index (χ2n) is 6.88. The van der Waals surface area contributed by atoms with Crippen molar-refractivity contribution >= 4 is 40.0 Å². The van der Waals surface area contributed by atoms with E-state index in [0.717, 1.165) is 16.3 Å². The van der Waals surface area contributed by atoms with Gasteiger partial charge in [0.05, 0.1) is 17.7 Å². The van der Waals surface area contributed by atoms with Crippen LogP contribution in [0.5, 0.6) is 0 Å². The molecule has 1 N–H and O–H groups in total. The van der Waals surface area contributed by atoms with Crippen molar-refractivity contribution in [3.63, 3.8) is 0 Å². The van der Waals surface area contributed by atoms with Crippen molar-refractivity contribution in [3.8, 4) is 0 Å². The first kappa shape index (κ1) is 20.5. The Morgan fingerprint density at radius 3 is 2.87 bits per heavy atom. The normalized spacial score (nSPS) is 16.4. The van der Waals surface area contributed by atoms with E-state index in [2.05, 4.69) is 15.5 Å². The number of nitrogens with one attached hydrogen (secondary N) is 1. The number of nitrogens with zero attached hydrogens (tertiary/aromatic N) is 3. The van der Waals surface area contributed by atoms with E-state index in [9.17, 15) is 14.0 Å². The van der Waals surface area contributed by atoms with E-state index < -0.39 is 0 Å². The number of piperidine rings is 1. The molecule has 3 heterocycles. The molecular weight excluding hydrogens is 427 g/mol. The predicted octanol–water partition coefficient (Wildman–Crippen LogP) is 4.05. The van der Waals surface area contributed by atoms with Gasteiger partial charge in [0.1, 0.15) is 12.1 Å². The molecule has 1 atom stereocenters. The number of benzene rings is 1. The van der Waals surface area contributed by atoms with E-state index in [1.54, 1.807) is 23.1 Å². The number of carbonyl (C=O) groups excluding carboxylic acids is 2. The Kier molecular flexibility index (Phi) is 6.44. The lowest BCUT2D eigenvalue weighted by Gasteiger charge is -2.31. The number of hydrogen-bond donors (Lipinski definition) is 1. The molecule has 0 aliphatic carbocycles. The minimum absolute atomic E-state index is 0.128. The summed E-state index contributed by atoms with van der Waals surface area (Å²) in [6.45, 7) is 0.984. The molecule has 156 valence electrons. The lowest BCUT2D eigenvalue weighted by atomic mass is 9.97. The molecule has 0 spiro atoms. The Labute approximate surface area is 180 Å². The predicted molar refractivity (Wildman–Crippen MR) is 112 cm³/mol. The molecule has 0 radical (unpaired) electrons. The number of furan rings is 1. The van der Waals surface area contributed by atoms with Crippen molar-refractivity contribution in [3.05, 3.63) is 59.8 Å². The standard InChI is InChI=1S/C20H19FN4O3S2/c21-16-5-3-13(4-6-16)12-29-20-24-23-19(30-20)22-17(26)14-2-1-8-25(10-14)18(27)15-7-9-28-11-15/h3-7,9,11,14H,1-2,8,10,12H2,(H,22,23,26)/t14-/m0/s1. The summed E-state index contributed by atoms with van der Waals surface area (Å²) in [5.41, 5.74) is 1.47. The maximum Gasteiger partial charge on any atom is 0.257 e. The highest BCUT2D eigenvalue weighted by Crippen LogP contribution is 2.29. The number of carbonyl (C=O) groups is 2. The van der Waals surface area contributed by atoms with Crippen LogP contribution in [0.2, 0.25) is 0 Å². The van der Waals surface area contributed by atoms with Crippen LogP contribution in [0.1, 0.15) is 28.8 Å². The van der Waals surface area contributed by atoms with Crippen LogP contribution >= 0.6 is 23.1 Å². The number of thioether (sulfide) groups is 1. The van der Waals surface area contributed by atoms with Gasteiger partial charge in [-0.2, -0.15) is 0 Å². The number of amides is 2. The maximum absolute atomic E-state index is 13.0. The fraction of sp³-hybridized carbons (Fsp3) is 0.300. The first-order valence-electron chi connectivity index (χ1n) is 9.41. The number of hydrogen-bond acceptors (Lipinski definition) is 7. The van der Waals surface area contributed by atoms with Gasteiger partial charge in [0, 0.05) is 18.8 Å². The van der Waals surface area contributed by atoms with E-state index in [-0.39, 0.29) is 23.5 Å². The number of rotatable bonds is 6. The van der Waals surface area contributed by atoms with E-state index >= 15 is 0 Å². The number of aromatic nitrogens is 2. The molecule has 1 saturated heterocycles. The first-order chi connectivity index (χ1) is 14.6. The van der Waals surface area contributed by atoms with Crippen molar-refractivity contribution in [1.29, 1.82) is 0 Å². The van der Waals surface area contributed by atoms with Gasteiger partial charge in [-0.05, 0) is 36.6 Å². The summed E-state index contributed by atoms with van der Waals surface area (Å²) in [6.07, 6.45) is 4.35. The van der Waals surface area contributed by atoms with Gasteiger partial charge in [-0.25, -0.2) is 4.39 Å². The monoisotopic (exact) mass is 446 g/mol. The van der Waals surface area contributed by atoms with Crippen molar-refractivity contribution in [2.75, 3.05) is 18.4 Å². The molecule has 1 aromatic carbocycles. The van der Waals surface area contributed by atoms with Gasteiger partial charge in [0.15, 0.2) is 4.34 Å². The summed E-state index contributed by atoms with van der Waals surface area (Å²) >= 11 is 2.77. The molecule has 30 heavy (non-hydrogen) atoms. The van der Waals surface area contributed by atoms with Gasteiger partial charge in [0.25, 0.3) is 5.91 Å². The molecule has 0 bridgehead atoms. The molecule has 1 aliphatic rings. The second kappa shape index (κ2) is 9.40. The highest BCUT2D eigenvalue weighted by Gasteiger charge is 2.29. The van der Waals surface area contributed by atoms with Crippen LogP contribution < -0.4 is 5.32 Å². The smallest absolute Gasteiger partial charge is 0.257 e. The minimum atomic E-state index is -0.297. The summed E-state index contributed by atoms with van der Waals surface area (Å²) in [4.78, 5) is 26.8. The van der Waals surface area contributed by atoms with Crippen LogP contribution in [0.25, 0.3) is 0 Å². The molecule has 0 saturated carbocycles. The van der Waals surface area contributed by atoms with Crippen LogP contribution in [-0.2, 0) is 10.5 Å². The van der Waals surface area contributed by atoms with Gasteiger partial charge in [0.2, 0.25) is 11.0 Å². The van der Waals surface area contributed by atoms with E-state index in [4.69, 9.17) is 4.42 Å². The van der Waals surface area contributed by atoms with Crippen molar-refractivity contribution in [2.45, 2.75) is 22.9 Å². The van der Waals surface area contributed by atoms with Crippen LogP contribution in [-0.4, -0.2) is 40.0 Å². The van der Waals surface area contributed by atoms with Crippen molar-refractivity contribution in [1.82, 2.24) is 15.1 Å². The summed E-state index contributed by atoms with van der Waals surface area (Å²) in [7, 11) is 0. The fourth-order valence-corrected chi connectivity index (χ4v) is 4.91. The highest BCUT2D eigenvalue weighted by atomic mass is 32.2. The average molecular weight is 447 g/mol. The van der Waals surface area contributed by atoms with Crippen LogP contribution in [0.3, 0.4) is 0 Å². The Hall–Kier alpha value is -2.72. The fourth-order valence-electron chi connectivity index (χ4n) is 3.20. The molecule has 1 fully saturated rings. The van der Waals surface area contributed by atoms with Gasteiger partial charge >= 0.3 is 0 Å². The Morgan fingerprint density at radius 2 is 2.10 bits per heavy atom. The van der Waals surface area contributed by atoms with Gasteiger partial charge < -0.3 is 14.6 Å². The largest absolute Gasteiger partial charge is 0.472 e. The Morgan fingerprint density at radius 1 is 1.27 bits per heavy atom. The van der Waals surface area contributed by atoms with Gasteiger partial charge in [-0.15, -0.1) is 10.2 Å². The molecule has 0 unspecified atom stereocenters. The third-order valence-electron chi connectivity index (χ3n) is 4.76. The molecule has 7 nitrogen and oxygen atoms in total. The van der Waals surface area contributed by atoms with Crippen molar-refractivity contribution in [2.24, 2.45) is 5.92 Å². The zero-order chi connectivity index (χ0) is 20.9. The van der Waals surface area contributed by atoms with Crippen LogP contribution in [0.15, 0.2) is 51.6 Å². The Balaban J connectivity index is 1.30. The molecule has 2 amide bonds. The third kappa shape index (κ3) is 5.06. The van der Waals surface area contributed by atoms with Gasteiger partial charge in [-0.3, -0.25) is 9.59 Å². The summed E-state index contributed by atoms with van der Waals surface area (Å²) in [6, 6.07) is 7.93. The molecule has 2 aromatic heterocycles. The molecule has 3 aromatic rings.